The maximum absolute atomic E-state index is 12.9. The predicted molar refractivity (Wildman–Crippen MR) is 138 cm³/mol. The summed E-state index contributed by atoms with van der Waals surface area (Å²) >= 11 is 2.05. The molecule has 2 N–H and O–H groups in total. The number of fused-ring (bicyclic) bond motifs is 4. The van der Waals surface area contributed by atoms with Crippen LogP contribution in [0.2, 0.25) is 0 Å². The smallest absolute Gasteiger partial charge is 0.115 e. The molecule has 0 bridgehead atoms. The van der Waals surface area contributed by atoms with E-state index in [0.717, 1.165) is 37.3 Å². The summed E-state index contributed by atoms with van der Waals surface area (Å²) < 4.78 is 2.31. The average Bonchev–Trinajstić information content (AvgIpc) is 3.60. The monoisotopic (exact) mass is 481 g/mol. The van der Waals surface area contributed by atoms with Gasteiger partial charge in [0.25, 0.3) is 0 Å². The number of thioether (sulfide) groups is 1. The van der Waals surface area contributed by atoms with Gasteiger partial charge in [0.2, 0.25) is 0 Å². The average molecular weight is 482 g/mol. The number of aromatic nitrogens is 2. The van der Waals surface area contributed by atoms with Gasteiger partial charge in [0.15, 0.2) is 0 Å². The highest BCUT2D eigenvalue weighted by Crippen LogP contribution is 2.55. The van der Waals surface area contributed by atoms with Crippen molar-refractivity contribution in [2.24, 2.45) is 5.92 Å². The molecule has 6 heteroatoms. The lowest BCUT2D eigenvalue weighted by Gasteiger charge is -2.59. The van der Waals surface area contributed by atoms with Crippen LogP contribution in [-0.2, 0) is 24.7 Å². The van der Waals surface area contributed by atoms with Gasteiger partial charge in [-0.2, -0.15) is 16.9 Å². The van der Waals surface area contributed by atoms with Crippen molar-refractivity contribution < 1.29 is 10.2 Å². The summed E-state index contributed by atoms with van der Waals surface area (Å²) in [5.41, 5.74) is 4.79. The number of hydrogen-bond donors (Lipinski definition) is 2. The van der Waals surface area contributed by atoms with Crippen molar-refractivity contribution in [1.82, 2.24) is 14.7 Å². The molecule has 4 aliphatic rings. The van der Waals surface area contributed by atoms with Gasteiger partial charge in [-0.1, -0.05) is 13.0 Å². The molecule has 2 fully saturated rings. The van der Waals surface area contributed by atoms with E-state index in [2.05, 4.69) is 36.5 Å². The summed E-state index contributed by atoms with van der Waals surface area (Å²) in [6, 6.07) is 6.39. The Bertz CT molecular complexity index is 1090. The quantitative estimate of drug-likeness (QED) is 0.662. The van der Waals surface area contributed by atoms with Crippen LogP contribution in [0.15, 0.2) is 18.2 Å². The minimum atomic E-state index is -0.889. The Morgan fingerprint density at radius 1 is 1.18 bits per heavy atom. The van der Waals surface area contributed by atoms with E-state index in [9.17, 15) is 10.2 Å². The Kier molecular flexibility index (Phi) is 5.58. The minimum Gasteiger partial charge on any atom is -0.508 e. The molecule has 6 rings (SSSR count). The maximum atomic E-state index is 12.9. The second-order valence-corrected chi connectivity index (χ2v) is 12.7. The van der Waals surface area contributed by atoms with E-state index in [0.29, 0.717) is 18.2 Å². The third-order valence-electron chi connectivity index (χ3n) is 9.59. The van der Waals surface area contributed by atoms with Gasteiger partial charge in [0.1, 0.15) is 5.75 Å². The first-order chi connectivity index (χ1) is 16.4. The number of likely N-dealkylation sites (N-methyl/N-ethyl adjacent to an activating group) is 1. The zero-order valence-corrected chi connectivity index (χ0v) is 21.7. The molecule has 1 saturated carbocycles. The number of aromatic hydroxyl groups is 1. The molecule has 1 aromatic heterocycles. The first kappa shape index (κ1) is 22.9. The lowest BCUT2D eigenvalue weighted by atomic mass is 9.51. The number of rotatable bonds is 5. The molecule has 5 nitrogen and oxygen atoms in total. The zero-order valence-electron chi connectivity index (χ0n) is 20.9. The Labute approximate surface area is 207 Å². The molecule has 3 atom stereocenters. The van der Waals surface area contributed by atoms with Gasteiger partial charge in [0.05, 0.1) is 17.3 Å². The second-order valence-electron chi connectivity index (χ2n) is 11.5. The number of nitrogens with zero attached hydrogens (tertiary/aromatic N) is 3. The molecule has 0 spiro atoms. The summed E-state index contributed by atoms with van der Waals surface area (Å²) in [5.74, 6) is 3.49. The molecule has 1 saturated heterocycles. The second kappa shape index (κ2) is 8.28. The Morgan fingerprint density at radius 3 is 2.65 bits per heavy atom. The first-order valence-corrected chi connectivity index (χ1v) is 14.4. The van der Waals surface area contributed by atoms with Crippen molar-refractivity contribution in [3.05, 3.63) is 46.3 Å². The van der Waals surface area contributed by atoms with Crippen LogP contribution in [0, 0.1) is 12.8 Å². The molecule has 34 heavy (non-hydrogen) atoms. The van der Waals surface area contributed by atoms with Gasteiger partial charge < -0.3 is 10.2 Å². The van der Waals surface area contributed by atoms with Crippen molar-refractivity contribution in [3.8, 4) is 5.75 Å². The molecule has 1 aromatic carbocycles. The van der Waals surface area contributed by atoms with Crippen LogP contribution in [-0.4, -0.2) is 61.6 Å². The van der Waals surface area contributed by atoms with Gasteiger partial charge in [-0.25, -0.2) is 0 Å². The number of aliphatic hydroxyl groups is 1. The number of hydrogen-bond acceptors (Lipinski definition) is 5. The van der Waals surface area contributed by atoms with Crippen LogP contribution in [0.1, 0.15) is 73.1 Å². The van der Waals surface area contributed by atoms with Crippen molar-refractivity contribution in [3.63, 3.8) is 0 Å². The highest BCUT2D eigenvalue weighted by atomic mass is 32.2. The van der Waals surface area contributed by atoms with Crippen LogP contribution >= 0.6 is 11.8 Å². The maximum Gasteiger partial charge on any atom is 0.115 e. The topological polar surface area (TPSA) is 61.5 Å². The fraction of sp³-hybridized carbons (Fsp3) is 0.679. The summed E-state index contributed by atoms with van der Waals surface area (Å²) in [6.07, 6.45) is 8.05. The Morgan fingerprint density at radius 2 is 1.94 bits per heavy atom. The van der Waals surface area contributed by atoms with E-state index in [1.807, 2.05) is 23.9 Å². The van der Waals surface area contributed by atoms with E-state index in [-0.39, 0.29) is 6.04 Å². The predicted octanol–water partition coefficient (Wildman–Crippen LogP) is 4.41. The van der Waals surface area contributed by atoms with Gasteiger partial charge in [-0.05, 0) is 98.7 Å². The van der Waals surface area contributed by atoms with Gasteiger partial charge in [0, 0.05) is 36.5 Å². The molecule has 2 heterocycles. The Hall–Kier alpha value is -1.50. The minimum absolute atomic E-state index is 0.0621. The molecule has 184 valence electrons. The van der Waals surface area contributed by atoms with Crippen molar-refractivity contribution in [1.29, 1.82) is 0 Å². The molecule has 2 aromatic rings. The van der Waals surface area contributed by atoms with Crippen LogP contribution in [0.5, 0.6) is 5.75 Å². The highest BCUT2D eigenvalue weighted by Gasteiger charge is 2.62. The van der Waals surface area contributed by atoms with Gasteiger partial charge in [-0.3, -0.25) is 9.58 Å². The fourth-order valence-electron chi connectivity index (χ4n) is 7.45. The molecule has 0 radical (unpaired) electrons. The largest absolute Gasteiger partial charge is 0.508 e. The van der Waals surface area contributed by atoms with Crippen molar-refractivity contribution >= 4 is 11.8 Å². The summed E-state index contributed by atoms with van der Waals surface area (Å²) in [4.78, 5) is 2.46. The standard InChI is InChI=1S/C28H39N3O2S/c1-4-27-16-25-23(18(2)31(29-25)21-9-11-34-12-10-21)15-28(27,33)26(30(3)17-19-5-6-19)13-20-7-8-22(32)14-24(20)27/h7-8,14,19,21,26,32-33H,4-6,9-13,15-17H2,1-3H3/t26-,27-,28-/m1/s1. The summed E-state index contributed by atoms with van der Waals surface area (Å²) in [7, 11) is 2.22. The zero-order chi connectivity index (χ0) is 23.7. The van der Waals surface area contributed by atoms with Crippen LogP contribution in [0.3, 0.4) is 0 Å². The lowest BCUT2D eigenvalue weighted by molar-refractivity contribution is -0.117. The van der Waals surface area contributed by atoms with Crippen LogP contribution < -0.4 is 0 Å². The normalized spacial score (nSPS) is 31.3. The number of benzene rings is 1. The van der Waals surface area contributed by atoms with E-state index < -0.39 is 11.0 Å². The SMILES string of the molecule is CC[C@]12Cc3nn(C4CCSCC4)c(C)c3C[C@@]1(O)[C@H](N(C)CC1CC1)Cc1ccc(O)cc12. The molecule has 0 unspecified atom stereocenters. The Balaban J connectivity index is 1.49. The van der Waals surface area contributed by atoms with Gasteiger partial charge >= 0.3 is 0 Å². The van der Waals surface area contributed by atoms with Crippen molar-refractivity contribution in [2.75, 3.05) is 25.1 Å². The molecule has 0 amide bonds. The molecule has 3 aliphatic carbocycles. The van der Waals surface area contributed by atoms with Gasteiger partial charge in [-0.15, -0.1) is 0 Å². The molecule has 1 aliphatic heterocycles. The number of phenolic OH excluding ortho intramolecular Hbond substituents is 1. The van der Waals surface area contributed by atoms with Crippen LogP contribution in [0.25, 0.3) is 0 Å². The third kappa shape index (κ3) is 3.39. The van der Waals surface area contributed by atoms with E-state index in [1.165, 1.54) is 59.7 Å². The lowest BCUT2D eigenvalue weighted by Crippen LogP contribution is -2.69. The van der Waals surface area contributed by atoms with E-state index in [4.69, 9.17) is 5.10 Å². The van der Waals surface area contributed by atoms with Crippen LogP contribution in [0.4, 0.5) is 0 Å². The third-order valence-corrected chi connectivity index (χ3v) is 10.6. The molecular weight excluding hydrogens is 442 g/mol. The first-order valence-electron chi connectivity index (χ1n) is 13.3. The summed E-state index contributed by atoms with van der Waals surface area (Å²) in [6.45, 7) is 5.50. The van der Waals surface area contributed by atoms with E-state index in [1.54, 1.807) is 0 Å². The van der Waals surface area contributed by atoms with E-state index >= 15 is 0 Å². The fourth-order valence-corrected chi connectivity index (χ4v) is 8.54. The highest BCUT2D eigenvalue weighted by molar-refractivity contribution is 7.99. The van der Waals surface area contributed by atoms with Crippen molar-refractivity contribution in [2.45, 2.75) is 88.3 Å². The number of phenols is 1. The molecular formula is C28H39N3O2S. The summed E-state index contributed by atoms with van der Waals surface area (Å²) in [5, 5.41) is 28.6.